The highest BCUT2D eigenvalue weighted by Gasteiger charge is 2.36. The van der Waals surface area contributed by atoms with Crippen LogP contribution in [0.15, 0.2) is 35.6 Å². The van der Waals surface area contributed by atoms with E-state index < -0.39 is 41.6 Å². The van der Waals surface area contributed by atoms with Crippen LogP contribution in [-0.2, 0) is 34.2 Å². The highest BCUT2D eigenvalue weighted by atomic mass is 19.1. The number of halogens is 1. The lowest BCUT2D eigenvalue weighted by Gasteiger charge is -2.32. The first-order valence-corrected chi connectivity index (χ1v) is 21.6. The number of anilines is 2. The molecule has 0 unspecified atom stereocenters. The van der Waals surface area contributed by atoms with Gasteiger partial charge in [-0.3, -0.25) is 48.6 Å². The molecule has 2 amide bonds. The number of imidazole rings is 1. The lowest BCUT2D eigenvalue weighted by molar-refractivity contribution is -0.140. The number of rotatable bonds is 21. The second-order valence-electron chi connectivity index (χ2n) is 16.9. The Balaban J connectivity index is 1.33. The molecule has 65 heavy (non-hydrogen) atoms. The summed E-state index contributed by atoms with van der Waals surface area (Å²) >= 11 is 0. The zero-order valence-electron chi connectivity index (χ0n) is 37.7. The van der Waals surface area contributed by atoms with Gasteiger partial charge < -0.3 is 51.2 Å². The van der Waals surface area contributed by atoms with Crippen molar-refractivity contribution in [3.05, 3.63) is 30.6 Å². The van der Waals surface area contributed by atoms with Gasteiger partial charge in [0, 0.05) is 77.5 Å². The van der Waals surface area contributed by atoms with E-state index in [2.05, 4.69) is 32.5 Å². The van der Waals surface area contributed by atoms with Crippen LogP contribution in [-0.4, -0.2) is 214 Å². The lowest BCUT2D eigenvalue weighted by atomic mass is 10.1. The molecule has 4 heterocycles. The van der Waals surface area contributed by atoms with E-state index in [9.17, 15) is 39.3 Å². The van der Waals surface area contributed by atoms with Gasteiger partial charge in [0.25, 0.3) is 0 Å². The number of carboxylic acids is 3. The topological polar surface area (TPSA) is 290 Å². The summed E-state index contributed by atoms with van der Waals surface area (Å²) in [5.41, 5.74) is 7.06. The maximum Gasteiger partial charge on any atom is 0.317 e. The van der Waals surface area contributed by atoms with Gasteiger partial charge in [0.1, 0.15) is 11.9 Å². The third-order valence-electron chi connectivity index (χ3n) is 10.8. The van der Waals surface area contributed by atoms with Gasteiger partial charge in [-0.1, -0.05) is 6.58 Å². The summed E-state index contributed by atoms with van der Waals surface area (Å²) in [5.74, 6) is -3.25. The van der Waals surface area contributed by atoms with E-state index in [-0.39, 0.29) is 89.0 Å². The van der Waals surface area contributed by atoms with Gasteiger partial charge in [0.15, 0.2) is 17.0 Å². The highest BCUT2D eigenvalue weighted by molar-refractivity contribution is 5.91. The number of aliphatic carboxylic acids is 3. The van der Waals surface area contributed by atoms with Crippen molar-refractivity contribution in [1.29, 1.82) is 0 Å². The molecule has 2 aromatic rings. The Morgan fingerprint density at radius 2 is 1.43 bits per heavy atom. The molecule has 2 aliphatic heterocycles. The highest BCUT2D eigenvalue weighted by Crippen LogP contribution is 2.29. The van der Waals surface area contributed by atoms with Crippen LogP contribution in [0.3, 0.4) is 0 Å². The molecule has 360 valence electrons. The van der Waals surface area contributed by atoms with Gasteiger partial charge in [-0.25, -0.2) is 9.37 Å². The van der Waals surface area contributed by atoms with Gasteiger partial charge >= 0.3 is 17.9 Å². The molecule has 2 atom stereocenters. The largest absolute Gasteiger partial charge is 0.481 e. The summed E-state index contributed by atoms with van der Waals surface area (Å²) in [7, 11) is 1.41. The number of allylic oxidation sites excluding steroid dienone is 1. The summed E-state index contributed by atoms with van der Waals surface area (Å²) in [6.07, 6.45) is 4.99. The van der Waals surface area contributed by atoms with Crippen molar-refractivity contribution in [2.45, 2.75) is 57.8 Å². The number of methoxy groups -OCH3 is 1. The van der Waals surface area contributed by atoms with Crippen molar-refractivity contribution in [2.24, 2.45) is 10.7 Å². The van der Waals surface area contributed by atoms with Gasteiger partial charge in [0.05, 0.1) is 58.4 Å². The van der Waals surface area contributed by atoms with Gasteiger partial charge in [0.2, 0.25) is 23.6 Å². The van der Waals surface area contributed by atoms with Crippen molar-refractivity contribution >= 4 is 58.9 Å². The third-order valence-corrected chi connectivity index (χ3v) is 10.8. The number of nitrogens with zero attached hydrogens (tertiary/aromatic N) is 10. The predicted molar refractivity (Wildman–Crippen MR) is 240 cm³/mol. The number of unbranched alkanes of at least 4 members (excludes halogenated alkanes) is 2. The number of hydrogen-bond acceptors (Lipinski definition) is 17. The Morgan fingerprint density at radius 1 is 0.877 bits per heavy atom. The summed E-state index contributed by atoms with van der Waals surface area (Å²) in [6.45, 7) is 12.1. The fraction of sp³-hybridized carbons (Fsp3) is 0.634. The molecular weight excluding hydrogens is 852 g/mol. The second-order valence-corrected chi connectivity index (χ2v) is 16.9. The van der Waals surface area contributed by atoms with Crippen molar-refractivity contribution in [3.8, 4) is 0 Å². The third kappa shape index (κ3) is 16.8. The van der Waals surface area contributed by atoms with Crippen LogP contribution in [0.4, 0.5) is 16.2 Å². The van der Waals surface area contributed by atoms with Crippen molar-refractivity contribution in [3.63, 3.8) is 0 Å². The number of alkyl halides is 1. The lowest BCUT2D eigenvalue weighted by Crippen LogP contribution is -2.49. The predicted octanol–water partition coefficient (Wildman–Crippen LogP) is -0.571. The summed E-state index contributed by atoms with van der Waals surface area (Å²) < 4.78 is 22.3. The summed E-state index contributed by atoms with van der Waals surface area (Å²) in [4.78, 5) is 86.8. The molecule has 23 nitrogen and oxygen atoms in total. The molecule has 0 aliphatic carbocycles. The smallest absolute Gasteiger partial charge is 0.317 e. The van der Waals surface area contributed by atoms with Gasteiger partial charge in [-0.2, -0.15) is 9.97 Å². The number of nitrogens with two attached hydrogens (primary N) is 1. The number of hydrogen-bond donors (Lipinski definition) is 7. The Bertz CT molecular complexity index is 1990. The molecule has 0 spiro atoms. The number of nitrogens with one attached hydrogen (secondary N) is 3. The number of carboxylic acid groups (broad SMARTS) is 3. The molecular formula is C41H65FN14O9. The molecule has 0 bridgehead atoms. The van der Waals surface area contributed by atoms with Crippen LogP contribution in [0.25, 0.3) is 11.2 Å². The molecule has 2 saturated heterocycles. The fourth-order valence-corrected chi connectivity index (χ4v) is 7.24. The van der Waals surface area contributed by atoms with Gasteiger partial charge in [-0.05, 0) is 46.1 Å². The minimum absolute atomic E-state index is 0.0275. The van der Waals surface area contributed by atoms with Crippen LogP contribution in [0.1, 0.15) is 40.0 Å². The zero-order valence-corrected chi connectivity index (χ0v) is 37.7. The molecule has 2 fully saturated rings. The number of carbonyl (C=O) groups is 5. The number of aromatic nitrogens is 4. The second kappa shape index (κ2) is 24.9. The Kier molecular flexibility index (Phi) is 19.8. The quantitative estimate of drug-likeness (QED) is 0.0357. The van der Waals surface area contributed by atoms with Crippen LogP contribution < -0.4 is 26.6 Å². The van der Waals surface area contributed by atoms with E-state index in [1.54, 1.807) is 25.9 Å². The normalized spacial score (nSPS) is 19.3. The first kappa shape index (κ1) is 51.7. The van der Waals surface area contributed by atoms with Crippen LogP contribution in [0.5, 0.6) is 0 Å². The fourth-order valence-electron chi connectivity index (χ4n) is 7.24. The number of amides is 2. The Morgan fingerprint density at radius 3 is 1.94 bits per heavy atom. The molecule has 2 aromatic heterocycles. The molecule has 0 radical (unpaired) electrons. The summed E-state index contributed by atoms with van der Waals surface area (Å²) in [5, 5.41) is 37.1. The maximum atomic E-state index is 15.1. The minimum atomic E-state index is -1.37. The van der Waals surface area contributed by atoms with E-state index in [0.29, 0.717) is 69.0 Å². The van der Waals surface area contributed by atoms with Crippen molar-refractivity contribution in [2.75, 3.05) is 122 Å². The van der Waals surface area contributed by atoms with E-state index in [4.69, 9.17) is 20.4 Å². The maximum absolute atomic E-state index is 15.1. The number of carbonyl (C=O) groups excluding carboxylic acids is 2. The number of ether oxygens (including phenoxy) is 1. The summed E-state index contributed by atoms with van der Waals surface area (Å²) in [6, 6.07) is -0.784. The minimum Gasteiger partial charge on any atom is -0.481 e. The average Bonchev–Trinajstić information content (AvgIpc) is 3.84. The van der Waals surface area contributed by atoms with Gasteiger partial charge in [-0.15, -0.1) is 0 Å². The number of aliphatic imine (C=N–C) groups is 1. The first-order chi connectivity index (χ1) is 30.9. The van der Waals surface area contributed by atoms with Crippen molar-refractivity contribution < 1.29 is 48.4 Å². The Labute approximate surface area is 377 Å². The number of fused-ring (bicyclic) bond motifs is 1. The zero-order chi connectivity index (χ0) is 47.7. The van der Waals surface area contributed by atoms with E-state index in [1.165, 1.54) is 13.3 Å². The molecule has 0 aromatic carbocycles. The first-order valence-electron chi connectivity index (χ1n) is 21.6. The standard InChI is InChI=1S/C41H65FN14O9/c1-6-31(57)47-30-22-55(21-28(30)42)40-49-38(36-39(50-40)56(27-46-36)41(2,3)4)48-29(37(43)65-5)20-44-10-8-7-9-11-45-32(58)23-51-12-14-52(24-33(59)60)16-18-54(26-35(63)64)19-17-53(15-13-51)25-34(61)62/h6,20,27-28,30H,1,7-19,21-26,43H2,2-5H3,(H,45,58)(H,47,57)(H,59,60)(H,61,62)(H,63,64)(H,48,49,50)/b37-29-,44-20?/t28-,30-/m1/s1. The SMILES string of the molecule is C=CC(=O)N[C@@H]1CN(c2nc(N/C(C=NCCCCCNC(=O)CN3CCN(CC(=O)O)CCN(CC(=O)O)CCN(CC(=O)O)CC3)=C(/N)OC)c3ncn(C(C)(C)C)c3n2)C[C@H]1F. The molecule has 2 aliphatic rings. The Hall–Kier alpha value is -5.98. The monoisotopic (exact) mass is 917 g/mol. The molecule has 0 saturated carbocycles. The molecule has 24 heteroatoms. The van der Waals surface area contributed by atoms with E-state index >= 15 is 4.39 Å². The molecule has 4 rings (SSSR count). The van der Waals surface area contributed by atoms with Crippen LogP contribution in [0.2, 0.25) is 0 Å². The van der Waals surface area contributed by atoms with Crippen LogP contribution >= 0.6 is 0 Å². The van der Waals surface area contributed by atoms with E-state index in [0.717, 1.165) is 12.5 Å². The van der Waals surface area contributed by atoms with E-state index in [1.807, 2.05) is 30.2 Å². The molecule has 8 N–H and O–H groups in total. The van der Waals surface area contributed by atoms with Crippen molar-refractivity contribution in [1.82, 2.24) is 49.8 Å². The average molecular weight is 917 g/mol. The van der Waals surface area contributed by atoms with Crippen LogP contribution in [0, 0.1) is 0 Å².